The van der Waals surface area contributed by atoms with Gasteiger partial charge in [0.05, 0.1) is 23.1 Å². The van der Waals surface area contributed by atoms with Gasteiger partial charge in [-0.25, -0.2) is 0 Å². The molecule has 3 aliphatic carbocycles. The number of fused-ring (bicyclic) bond motifs is 2. The molecule has 0 aromatic heterocycles. The van der Waals surface area contributed by atoms with Crippen molar-refractivity contribution in [2.75, 3.05) is 5.75 Å². The molecule has 3 saturated carbocycles. The van der Waals surface area contributed by atoms with E-state index < -0.39 is 10.8 Å². The van der Waals surface area contributed by atoms with Crippen LogP contribution in [0.3, 0.4) is 0 Å². The number of rotatable bonds is 4. The average molecular weight is 357 g/mol. The minimum absolute atomic E-state index is 0.0189. The lowest BCUT2D eigenvalue weighted by Crippen LogP contribution is -2.46. The standard InChI is InChI=1S/C19H32O4S/c1-17(2,3)23-14-9-13(20)10-15(14)24(22)11-19-7-6-12(8-16(19)21)18(19,4)5/h12,14-16,21H,6-11H2,1-5H3/t12-,14-,15-,16-,19-,24?/m1/s1. The van der Waals surface area contributed by atoms with Crippen molar-refractivity contribution < 1.29 is 18.8 Å². The second-order valence-electron chi connectivity index (χ2n) is 9.64. The van der Waals surface area contributed by atoms with Crippen LogP contribution in [-0.4, -0.2) is 43.9 Å². The third kappa shape index (κ3) is 2.90. The van der Waals surface area contributed by atoms with Crippen molar-refractivity contribution in [1.82, 2.24) is 0 Å². The van der Waals surface area contributed by atoms with Gasteiger partial charge in [0.1, 0.15) is 5.78 Å². The molecule has 0 radical (unpaired) electrons. The molecule has 0 amide bonds. The number of hydrogen-bond donors (Lipinski definition) is 1. The van der Waals surface area contributed by atoms with E-state index in [1.54, 1.807) is 0 Å². The van der Waals surface area contributed by atoms with Crippen LogP contribution >= 0.6 is 0 Å². The summed E-state index contributed by atoms with van der Waals surface area (Å²) in [6.07, 6.45) is 2.99. The van der Waals surface area contributed by atoms with Gasteiger partial charge in [-0.05, 0) is 51.4 Å². The van der Waals surface area contributed by atoms with E-state index in [1.165, 1.54) is 0 Å². The minimum atomic E-state index is -1.16. The molecule has 1 N–H and O–H groups in total. The topological polar surface area (TPSA) is 63.6 Å². The molecule has 3 rings (SSSR count). The Hall–Kier alpha value is -0.260. The van der Waals surface area contributed by atoms with Crippen molar-refractivity contribution in [2.24, 2.45) is 16.7 Å². The molecule has 3 aliphatic rings. The molecular weight excluding hydrogens is 324 g/mol. The zero-order valence-corrected chi connectivity index (χ0v) is 16.4. The van der Waals surface area contributed by atoms with Crippen LogP contribution in [0.25, 0.3) is 0 Å². The van der Waals surface area contributed by atoms with Gasteiger partial charge in [-0.2, -0.15) is 0 Å². The number of ether oxygens (including phenoxy) is 1. The van der Waals surface area contributed by atoms with Crippen LogP contribution in [0.4, 0.5) is 0 Å². The molecule has 0 heterocycles. The van der Waals surface area contributed by atoms with Gasteiger partial charge in [0.25, 0.3) is 0 Å². The van der Waals surface area contributed by atoms with Gasteiger partial charge in [0.15, 0.2) is 0 Å². The zero-order valence-electron chi connectivity index (χ0n) is 15.6. The quantitative estimate of drug-likeness (QED) is 0.841. The van der Waals surface area contributed by atoms with Crippen LogP contribution in [0.15, 0.2) is 0 Å². The summed E-state index contributed by atoms with van der Waals surface area (Å²) in [5.41, 5.74) is -0.591. The van der Waals surface area contributed by atoms with E-state index in [9.17, 15) is 14.1 Å². The molecule has 1 unspecified atom stereocenters. The number of carbonyl (C=O) groups excluding carboxylic acids is 1. The van der Waals surface area contributed by atoms with Gasteiger partial charge in [0, 0.05) is 34.8 Å². The Labute approximate surface area is 148 Å². The fourth-order valence-electron chi connectivity index (χ4n) is 5.37. The van der Waals surface area contributed by atoms with Crippen molar-refractivity contribution >= 4 is 16.6 Å². The summed E-state index contributed by atoms with van der Waals surface area (Å²) in [6.45, 7) is 10.4. The van der Waals surface area contributed by atoms with Crippen molar-refractivity contribution in [3.05, 3.63) is 0 Å². The van der Waals surface area contributed by atoms with E-state index in [0.717, 1.165) is 19.3 Å². The highest BCUT2D eigenvalue weighted by Crippen LogP contribution is 2.66. The smallest absolute Gasteiger partial charge is 0.136 e. The SMILES string of the molecule is CC(C)(C)O[C@@H]1CC(=O)C[C@H]1S(=O)C[C@]12CC[C@H](C[C@H]1O)C2(C)C. The maximum Gasteiger partial charge on any atom is 0.136 e. The third-order valence-electron chi connectivity index (χ3n) is 6.90. The maximum atomic E-state index is 13.2. The molecule has 0 aliphatic heterocycles. The van der Waals surface area contributed by atoms with E-state index in [2.05, 4.69) is 13.8 Å². The Balaban J connectivity index is 1.78. The van der Waals surface area contributed by atoms with Gasteiger partial charge in [-0.1, -0.05) is 13.8 Å². The summed E-state index contributed by atoms with van der Waals surface area (Å²) in [5, 5.41) is 10.4. The van der Waals surface area contributed by atoms with Gasteiger partial charge >= 0.3 is 0 Å². The highest BCUT2D eigenvalue weighted by atomic mass is 32.2. The van der Waals surface area contributed by atoms with Crippen LogP contribution in [0, 0.1) is 16.7 Å². The highest BCUT2D eigenvalue weighted by Gasteiger charge is 2.64. The summed E-state index contributed by atoms with van der Waals surface area (Å²) in [4.78, 5) is 12.0. The maximum absolute atomic E-state index is 13.2. The molecule has 138 valence electrons. The number of aliphatic hydroxyl groups is 1. The van der Waals surface area contributed by atoms with Gasteiger partial charge in [0.2, 0.25) is 0 Å². The predicted octanol–water partition coefficient (Wildman–Crippen LogP) is 2.84. The van der Waals surface area contributed by atoms with E-state index in [0.29, 0.717) is 24.5 Å². The number of Topliss-reactive ketones (excluding diaryl/α,β-unsaturated/α-hetero) is 1. The molecule has 24 heavy (non-hydrogen) atoms. The van der Waals surface area contributed by atoms with Crippen molar-refractivity contribution in [3.63, 3.8) is 0 Å². The lowest BCUT2D eigenvalue weighted by atomic mass is 9.70. The van der Waals surface area contributed by atoms with Crippen molar-refractivity contribution in [2.45, 2.75) is 89.8 Å². The van der Waals surface area contributed by atoms with Gasteiger partial charge in [-0.15, -0.1) is 0 Å². The minimum Gasteiger partial charge on any atom is -0.392 e. The summed E-state index contributed by atoms with van der Waals surface area (Å²) in [6, 6.07) is 0. The van der Waals surface area contributed by atoms with Crippen molar-refractivity contribution in [3.8, 4) is 0 Å². The van der Waals surface area contributed by atoms with Gasteiger partial charge < -0.3 is 9.84 Å². The number of ketones is 1. The lowest BCUT2D eigenvalue weighted by molar-refractivity contribution is -0.119. The van der Waals surface area contributed by atoms with Crippen LogP contribution in [0.2, 0.25) is 0 Å². The molecule has 0 aromatic rings. The summed E-state index contributed by atoms with van der Waals surface area (Å²) < 4.78 is 19.3. The largest absolute Gasteiger partial charge is 0.392 e. The lowest BCUT2D eigenvalue weighted by Gasteiger charge is -2.41. The average Bonchev–Trinajstić information content (AvgIpc) is 2.95. The fraction of sp³-hybridized carbons (Fsp3) is 0.947. The highest BCUT2D eigenvalue weighted by molar-refractivity contribution is 7.85. The molecule has 3 fully saturated rings. The number of hydrogen-bond acceptors (Lipinski definition) is 4. The Morgan fingerprint density at radius 3 is 2.46 bits per heavy atom. The third-order valence-corrected chi connectivity index (χ3v) is 8.85. The van der Waals surface area contributed by atoms with E-state index in [-0.39, 0.29) is 39.7 Å². The predicted molar refractivity (Wildman–Crippen MR) is 95.2 cm³/mol. The molecule has 5 heteroatoms. The monoisotopic (exact) mass is 356 g/mol. The number of aliphatic hydroxyl groups excluding tert-OH is 1. The summed E-state index contributed by atoms with van der Waals surface area (Å²) >= 11 is 0. The first-order chi connectivity index (χ1) is 11.0. The van der Waals surface area contributed by atoms with Crippen LogP contribution in [0.5, 0.6) is 0 Å². The fourth-order valence-corrected chi connectivity index (χ4v) is 7.66. The first-order valence-corrected chi connectivity index (χ1v) is 10.6. The molecular formula is C19H32O4S. The Morgan fingerprint density at radius 2 is 1.96 bits per heavy atom. The Morgan fingerprint density at radius 1 is 1.29 bits per heavy atom. The Bertz CT molecular complexity index is 550. The van der Waals surface area contributed by atoms with Crippen LogP contribution in [0.1, 0.15) is 66.7 Å². The van der Waals surface area contributed by atoms with Gasteiger partial charge in [-0.3, -0.25) is 9.00 Å². The van der Waals surface area contributed by atoms with E-state index >= 15 is 0 Å². The second kappa shape index (κ2) is 5.88. The first kappa shape index (κ1) is 18.5. The molecule has 0 aromatic carbocycles. The molecule has 4 nitrogen and oxygen atoms in total. The molecule has 6 atom stereocenters. The molecule has 2 bridgehead atoms. The summed E-state index contributed by atoms with van der Waals surface area (Å²) in [7, 11) is -1.16. The first-order valence-electron chi connectivity index (χ1n) is 9.21. The molecule has 0 saturated heterocycles. The normalized spacial score (nSPS) is 42.7. The van der Waals surface area contributed by atoms with Crippen molar-refractivity contribution in [1.29, 1.82) is 0 Å². The Kier molecular flexibility index (Phi) is 4.54. The zero-order chi connectivity index (χ0) is 17.9. The number of carbonyl (C=O) groups is 1. The summed E-state index contributed by atoms with van der Waals surface area (Å²) in [5.74, 6) is 1.17. The molecule has 0 spiro atoms. The van der Waals surface area contributed by atoms with E-state index in [1.807, 2.05) is 20.8 Å². The van der Waals surface area contributed by atoms with Crippen LogP contribution < -0.4 is 0 Å². The van der Waals surface area contributed by atoms with Crippen LogP contribution in [-0.2, 0) is 20.3 Å². The second-order valence-corrected chi connectivity index (χ2v) is 11.3. The van der Waals surface area contributed by atoms with E-state index in [4.69, 9.17) is 4.74 Å².